The average molecular weight is 418 g/mol. The van der Waals surface area contributed by atoms with Crippen LogP contribution >= 0.6 is 34.4 Å². The summed E-state index contributed by atoms with van der Waals surface area (Å²) in [5.74, 6) is -0.258. The van der Waals surface area contributed by atoms with Gasteiger partial charge in [0, 0.05) is 19.0 Å². The highest BCUT2D eigenvalue weighted by Gasteiger charge is 2.32. The number of aromatic nitrogens is 1. The van der Waals surface area contributed by atoms with Gasteiger partial charge in [0.15, 0.2) is 5.13 Å². The van der Waals surface area contributed by atoms with E-state index >= 15 is 0 Å². The van der Waals surface area contributed by atoms with E-state index in [4.69, 9.17) is 0 Å². The minimum absolute atomic E-state index is 0.0745. The molecule has 0 unspecified atom stereocenters. The second-order valence-corrected chi connectivity index (χ2v) is 10.9. The lowest BCUT2D eigenvalue weighted by Crippen LogP contribution is -2.41. The van der Waals surface area contributed by atoms with Crippen molar-refractivity contribution in [2.24, 2.45) is 5.92 Å². The Balaban J connectivity index is 1.59. The molecule has 1 N–H and O–H groups in total. The van der Waals surface area contributed by atoms with Gasteiger partial charge < -0.3 is 5.32 Å². The van der Waals surface area contributed by atoms with Gasteiger partial charge in [-0.3, -0.25) is 4.79 Å². The van der Waals surface area contributed by atoms with Crippen LogP contribution in [-0.4, -0.2) is 43.0 Å². The fourth-order valence-electron chi connectivity index (χ4n) is 2.73. The van der Waals surface area contributed by atoms with Crippen molar-refractivity contribution in [1.29, 1.82) is 0 Å². The summed E-state index contributed by atoms with van der Waals surface area (Å²) in [5.41, 5.74) is 0.921. The first-order chi connectivity index (χ1) is 11.9. The van der Waals surface area contributed by atoms with Gasteiger partial charge in [-0.1, -0.05) is 17.4 Å². The molecule has 136 valence electrons. The van der Waals surface area contributed by atoms with Crippen LogP contribution in [0.1, 0.15) is 18.5 Å². The number of thiazole rings is 1. The van der Waals surface area contributed by atoms with Crippen LogP contribution in [0, 0.1) is 12.8 Å². The van der Waals surface area contributed by atoms with Crippen molar-refractivity contribution >= 4 is 55.5 Å². The standard InChI is InChI=1S/C15H19N3O3S4/c1-10-14(22-2)24-15(16-10)17-13(19)11-5-7-18(8-6-11)25(20,21)12-4-3-9-23-12/h3-4,9,11H,5-8H2,1-2H3,(H,16,17,19). The highest BCUT2D eigenvalue weighted by molar-refractivity contribution is 8.00. The number of aryl methyl sites for hydroxylation is 1. The van der Waals surface area contributed by atoms with Gasteiger partial charge >= 0.3 is 0 Å². The Hall–Kier alpha value is -0.940. The Morgan fingerprint density at radius 3 is 2.68 bits per heavy atom. The van der Waals surface area contributed by atoms with E-state index in [1.807, 2.05) is 13.2 Å². The summed E-state index contributed by atoms with van der Waals surface area (Å²) in [7, 11) is -3.43. The number of hydrogen-bond acceptors (Lipinski definition) is 7. The fraction of sp³-hybridized carbons (Fsp3) is 0.467. The Labute approximate surface area is 159 Å². The molecule has 0 aromatic carbocycles. The largest absolute Gasteiger partial charge is 0.302 e. The van der Waals surface area contributed by atoms with Crippen LogP contribution in [-0.2, 0) is 14.8 Å². The van der Waals surface area contributed by atoms with Crippen LogP contribution in [0.3, 0.4) is 0 Å². The third kappa shape index (κ3) is 4.08. The summed E-state index contributed by atoms with van der Waals surface area (Å²) in [5, 5.41) is 5.24. The average Bonchev–Trinajstić information content (AvgIpc) is 3.25. The smallest absolute Gasteiger partial charge is 0.252 e. The summed E-state index contributed by atoms with van der Waals surface area (Å²) < 4.78 is 28.0. The molecule has 0 bridgehead atoms. The third-order valence-electron chi connectivity index (χ3n) is 4.08. The van der Waals surface area contributed by atoms with E-state index in [2.05, 4.69) is 10.3 Å². The molecule has 2 aromatic rings. The van der Waals surface area contributed by atoms with Gasteiger partial charge in [-0.05, 0) is 37.5 Å². The Kier molecular flexibility index (Phi) is 5.84. The van der Waals surface area contributed by atoms with Gasteiger partial charge in [-0.25, -0.2) is 13.4 Å². The van der Waals surface area contributed by atoms with Crippen molar-refractivity contribution in [1.82, 2.24) is 9.29 Å². The summed E-state index contributed by atoms with van der Waals surface area (Å²) in [6, 6.07) is 3.35. The minimum atomic E-state index is -3.43. The van der Waals surface area contributed by atoms with Crippen LogP contribution in [0.25, 0.3) is 0 Å². The zero-order chi connectivity index (χ0) is 18.0. The summed E-state index contributed by atoms with van der Waals surface area (Å²) in [6.45, 7) is 2.66. The number of carbonyl (C=O) groups excluding carboxylic acids is 1. The Morgan fingerprint density at radius 2 is 2.12 bits per heavy atom. The third-order valence-corrected chi connectivity index (χ3v) is 9.64. The second kappa shape index (κ2) is 7.75. The molecule has 10 heteroatoms. The Bertz CT molecular complexity index is 838. The van der Waals surface area contributed by atoms with Crippen LogP contribution in [0.2, 0.25) is 0 Å². The van der Waals surface area contributed by atoms with E-state index in [1.165, 1.54) is 27.0 Å². The number of hydrogen-bond donors (Lipinski definition) is 1. The highest BCUT2D eigenvalue weighted by Crippen LogP contribution is 2.31. The minimum Gasteiger partial charge on any atom is -0.302 e. The molecule has 1 aliphatic rings. The molecule has 0 radical (unpaired) electrons. The predicted molar refractivity (Wildman–Crippen MR) is 103 cm³/mol. The van der Waals surface area contributed by atoms with Crippen molar-refractivity contribution < 1.29 is 13.2 Å². The molecule has 1 amide bonds. The first kappa shape index (κ1) is 18.8. The molecule has 3 rings (SSSR count). The number of piperidine rings is 1. The first-order valence-electron chi connectivity index (χ1n) is 7.77. The van der Waals surface area contributed by atoms with Gasteiger partial charge in [0.1, 0.15) is 4.21 Å². The molecule has 1 fully saturated rings. The van der Waals surface area contributed by atoms with Crippen LogP contribution in [0.4, 0.5) is 5.13 Å². The van der Waals surface area contributed by atoms with E-state index in [9.17, 15) is 13.2 Å². The Morgan fingerprint density at radius 1 is 1.40 bits per heavy atom. The number of anilines is 1. The van der Waals surface area contributed by atoms with Crippen molar-refractivity contribution in [3.8, 4) is 0 Å². The summed E-state index contributed by atoms with van der Waals surface area (Å²) in [4.78, 5) is 16.8. The van der Waals surface area contributed by atoms with Gasteiger partial charge in [-0.15, -0.1) is 23.1 Å². The maximum Gasteiger partial charge on any atom is 0.252 e. The van der Waals surface area contributed by atoms with E-state index in [0.717, 1.165) is 9.90 Å². The normalized spacial score (nSPS) is 16.9. The number of thioether (sulfide) groups is 1. The fourth-order valence-corrected chi connectivity index (χ4v) is 6.96. The molecule has 25 heavy (non-hydrogen) atoms. The molecule has 6 nitrogen and oxygen atoms in total. The van der Waals surface area contributed by atoms with Crippen molar-refractivity contribution in [3.63, 3.8) is 0 Å². The van der Waals surface area contributed by atoms with Gasteiger partial charge in [0.05, 0.1) is 9.90 Å². The lowest BCUT2D eigenvalue weighted by Gasteiger charge is -2.29. The SMILES string of the molecule is CSc1sc(NC(=O)C2CCN(S(=O)(=O)c3cccs3)CC2)nc1C. The molecule has 0 saturated carbocycles. The van der Waals surface area contributed by atoms with E-state index in [1.54, 1.807) is 29.3 Å². The lowest BCUT2D eigenvalue weighted by atomic mass is 9.97. The number of nitrogens with one attached hydrogen (secondary N) is 1. The molecule has 0 aliphatic carbocycles. The first-order valence-corrected chi connectivity index (χ1v) is 12.1. The van der Waals surface area contributed by atoms with Gasteiger partial charge in [0.25, 0.3) is 10.0 Å². The maximum absolute atomic E-state index is 12.5. The maximum atomic E-state index is 12.5. The monoisotopic (exact) mass is 417 g/mol. The van der Waals surface area contributed by atoms with Crippen LogP contribution in [0.15, 0.2) is 25.9 Å². The highest BCUT2D eigenvalue weighted by atomic mass is 32.2. The number of thiophene rings is 1. The quantitative estimate of drug-likeness (QED) is 0.755. The molecule has 1 saturated heterocycles. The van der Waals surface area contributed by atoms with E-state index in [0.29, 0.717) is 35.3 Å². The molecule has 2 aromatic heterocycles. The summed E-state index contributed by atoms with van der Waals surface area (Å²) >= 11 is 4.30. The van der Waals surface area contributed by atoms with Gasteiger partial charge in [0.2, 0.25) is 5.91 Å². The van der Waals surface area contributed by atoms with Crippen molar-refractivity contribution in [2.45, 2.75) is 28.2 Å². The number of sulfonamides is 1. The second-order valence-electron chi connectivity index (χ2n) is 5.70. The molecule has 3 heterocycles. The van der Waals surface area contributed by atoms with Crippen LogP contribution in [0.5, 0.6) is 0 Å². The zero-order valence-corrected chi connectivity index (χ0v) is 17.2. The molecular weight excluding hydrogens is 398 g/mol. The number of carbonyl (C=O) groups is 1. The van der Waals surface area contributed by atoms with E-state index < -0.39 is 10.0 Å². The number of amides is 1. The van der Waals surface area contributed by atoms with E-state index in [-0.39, 0.29) is 11.8 Å². The number of nitrogens with zero attached hydrogens (tertiary/aromatic N) is 2. The van der Waals surface area contributed by atoms with Gasteiger partial charge in [-0.2, -0.15) is 4.31 Å². The lowest BCUT2D eigenvalue weighted by molar-refractivity contribution is -0.120. The predicted octanol–water partition coefficient (Wildman–Crippen LogP) is 3.27. The number of rotatable bonds is 5. The van der Waals surface area contributed by atoms with Crippen LogP contribution < -0.4 is 5.32 Å². The topological polar surface area (TPSA) is 79.4 Å². The molecule has 1 aliphatic heterocycles. The molecular formula is C15H19N3O3S4. The van der Waals surface area contributed by atoms with Crippen molar-refractivity contribution in [3.05, 3.63) is 23.2 Å². The summed E-state index contributed by atoms with van der Waals surface area (Å²) in [6.07, 6.45) is 3.03. The van der Waals surface area contributed by atoms with Crippen molar-refractivity contribution in [2.75, 3.05) is 24.7 Å². The zero-order valence-electron chi connectivity index (χ0n) is 13.9. The molecule has 0 atom stereocenters. The molecule has 0 spiro atoms.